The fourth-order valence-corrected chi connectivity index (χ4v) is 1.16. The molecule has 18 heavy (non-hydrogen) atoms. The Balaban J connectivity index is 2.25. The van der Waals surface area contributed by atoms with Crippen LogP contribution in [-0.4, -0.2) is 29.5 Å². The average molecular weight is 251 g/mol. The molecule has 0 bridgehead atoms. The minimum atomic E-state index is -1.17. The summed E-state index contributed by atoms with van der Waals surface area (Å²) in [6.07, 6.45) is -0.486. The standard InChI is InChI=1S/C12H13NO5/c14-10(13-7-11(15)16)6-12(17)18-8-9-4-2-1-3-5-9/h1-5H,6-8H2,(H,13,14)(H,15,16). The van der Waals surface area contributed by atoms with E-state index < -0.39 is 30.8 Å². The number of amides is 1. The van der Waals surface area contributed by atoms with Gasteiger partial charge in [-0.1, -0.05) is 30.3 Å². The van der Waals surface area contributed by atoms with Crippen molar-refractivity contribution in [2.24, 2.45) is 0 Å². The topological polar surface area (TPSA) is 92.7 Å². The van der Waals surface area contributed by atoms with E-state index in [1.807, 2.05) is 18.2 Å². The van der Waals surface area contributed by atoms with Crippen molar-refractivity contribution in [3.05, 3.63) is 35.9 Å². The number of hydrogen-bond acceptors (Lipinski definition) is 4. The van der Waals surface area contributed by atoms with E-state index in [9.17, 15) is 14.4 Å². The first-order chi connectivity index (χ1) is 8.58. The Kier molecular flexibility index (Phi) is 5.37. The molecule has 0 radical (unpaired) electrons. The lowest BCUT2D eigenvalue weighted by atomic mass is 10.2. The predicted octanol–water partition coefficient (Wildman–Crippen LogP) is 0.321. The molecular weight excluding hydrogens is 238 g/mol. The van der Waals surface area contributed by atoms with E-state index in [1.165, 1.54) is 0 Å². The molecule has 0 aliphatic carbocycles. The van der Waals surface area contributed by atoms with Gasteiger partial charge in [0.25, 0.3) is 0 Å². The number of carboxylic acids is 1. The Morgan fingerprint density at radius 1 is 1.17 bits per heavy atom. The van der Waals surface area contributed by atoms with Gasteiger partial charge in [-0.15, -0.1) is 0 Å². The molecule has 1 amide bonds. The van der Waals surface area contributed by atoms with Gasteiger partial charge in [-0.3, -0.25) is 14.4 Å². The fourth-order valence-electron chi connectivity index (χ4n) is 1.16. The quantitative estimate of drug-likeness (QED) is 0.561. The van der Waals surface area contributed by atoms with Gasteiger partial charge in [-0.25, -0.2) is 0 Å². The summed E-state index contributed by atoms with van der Waals surface area (Å²) in [5.74, 6) is -2.53. The van der Waals surface area contributed by atoms with Gasteiger partial charge in [0.15, 0.2) is 0 Å². The van der Waals surface area contributed by atoms with Crippen LogP contribution in [0.5, 0.6) is 0 Å². The molecule has 0 aromatic heterocycles. The molecule has 2 N–H and O–H groups in total. The molecule has 0 atom stereocenters. The van der Waals surface area contributed by atoms with Crippen LogP contribution in [0.1, 0.15) is 12.0 Å². The summed E-state index contributed by atoms with van der Waals surface area (Å²) in [4.78, 5) is 32.5. The van der Waals surface area contributed by atoms with E-state index in [0.29, 0.717) is 0 Å². The zero-order valence-corrected chi connectivity index (χ0v) is 9.59. The zero-order chi connectivity index (χ0) is 13.4. The van der Waals surface area contributed by atoms with Crippen LogP contribution in [0.3, 0.4) is 0 Å². The molecule has 6 heteroatoms. The lowest BCUT2D eigenvalue weighted by molar-refractivity contribution is -0.148. The minimum Gasteiger partial charge on any atom is -0.480 e. The van der Waals surface area contributed by atoms with Crippen molar-refractivity contribution in [2.45, 2.75) is 13.0 Å². The monoisotopic (exact) mass is 251 g/mol. The van der Waals surface area contributed by atoms with Crippen LogP contribution < -0.4 is 5.32 Å². The van der Waals surface area contributed by atoms with Gasteiger partial charge in [0.2, 0.25) is 5.91 Å². The maximum Gasteiger partial charge on any atom is 0.322 e. The van der Waals surface area contributed by atoms with Crippen LogP contribution in [0.25, 0.3) is 0 Å². The molecule has 0 fully saturated rings. The molecule has 0 spiro atoms. The Morgan fingerprint density at radius 2 is 1.83 bits per heavy atom. The third kappa shape index (κ3) is 5.64. The predicted molar refractivity (Wildman–Crippen MR) is 61.5 cm³/mol. The van der Waals surface area contributed by atoms with Crippen LogP contribution in [0.15, 0.2) is 30.3 Å². The highest BCUT2D eigenvalue weighted by atomic mass is 16.5. The molecule has 0 saturated heterocycles. The van der Waals surface area contributed by atoms with Gasteiger partial charge in [0, 0.05) is 0 Å². The molecular formula is C12H13NO5. The first kappa shape index (κ1) is 13.7. The number of carbonyl (C=O) groups excluding carboxylic acids is 2. The summed E-state index contributed by atoms with van der Waals surface area (Å²) < 4.78 is 4.86. The van der Waals surface area contributed by atoms with Crippen molar-refractivity contribution < 1.29 is 24.2 Å². The first-order valence-corrected chi connectivity index (χ1v) is 5.26. The van der Waals surface area contributed by atoms with Gasteiger partial charge in [0.05, 0.1) is 0 Å². The van der Waals surface area contributed by atoms with Gasteiger partial charge < -0.3 is 15.2 Å². The second-order valence-corrected chi connectivity index (χ2v) is 3.49. The summed E-state index contributed by atoms with van der Waals surface area (Å²) in [7, 11) is 0. The Hall–Kier alpha value is -2.37. The van der Waals surface area contributed by atoms with E-state index in [-0.39, 0.29) is 6.61 Å². The molecule has 6 nitrogen and oxygen atoms in total. The van der Waals surface area contributed by atoms with Crippen LogP contribution in [0.2, 0.25) is 0 Å². The third-order valence-corrected chi connectivity index (χ3v) is 1.98. The van der Waals surface area contributed by atoms with E-state index in [1.54, 1.807) is 12.1 Å². The molecule has 0 aliphatic rings. The maximum atomic E-state index is 11.2. The second kappa shape index (κ2) is 7.05. The molecule has 96 valence electrons. The normalized spacial score (nSPS) is 9.56. The second-order valence-electron chi connectivity index (χ2n) is 3.49. The molecule has 0 saturated carbocycles. The van der Waals surface area contributed by atoms with E-state index >= 15 is 0 Å². The summed E-state index contributed by atoms with van der Waals surface area (Å²) >= 11 is 0. The SMILES string of the molecule is O=C(O)CNC(=O)CC(=O)OCc1ccccc1. The summed E-state index contributed by atoms with van der Waals surface area (Å²) in [5.41, 5.74) is 0.816. The Morgan fingerprint density at radius 3 is 2.44 bits per heavy atom. The number of nitrogens with one attached hydrogen (secondary N) is 1. The summed E-state index contributed by atoms with van der Waals surface area (Å²) in [6, 6.07) is 9.03. The number of ether oxygens (including phenoxy) is 1. The largest absolute Gasteiger partial charge is 0.480 e. The lowest BCUT2D eigenvalue weighted by Gasteiger charge is -2.05. The number of carboxylic acid groups (broad SMARTS) is 1. The molecule has 1 aromatic carbocycles. The van der Waals surface area contributed by atoms with Crippen molar-refractivity contribution in [2.75, 3.05) is 6.54 Å². The van der Waals surface area contributed by atoms with E-state index in [2.05, 4.69) is 5.32 Å². The Labute approximate surface area is 104 Å². The van der Waals surface area contributed by atoms with E-state index in [4.69, 9.17) is 9.84 Å². The molecule has 0 heterocycles. The minimum absolute atomic E-state index is 0.0892. The van der Waals surface area contributed by atoms with Crippen LogP contribution in [0.4, 0.5) is 0 Å². The van der Waals surface area contributed by atoms with Crippen molar-refractivity contribution in [3.63, 3.8) is 0 Å². The van der Waals surface area contributed by atoms with Crippen molar-refractivity contribution in [1.29, 1.82) is 0 Å². The van der Waals surface area contributed by atoms with Crippen LogP contribution in [-0.2, 0) is 25.7 Å². The molecule has 0 unspecified atom stereocenters. The molecule has 1 rings (SSSR count). The number of aliphatic carboxylic acids is 1. The van der Waals surface area contributed by atoms with Gasteiger partial charge in [-0.05, 0) is 5.56 Å². The Bertz CT molecular complexity index is 429. The number of carbonyl (C=O) groups is 3. The smallest absolute Gasteiger partial charge is 0.322 e. The summed E-state index contributed by atoms with van der Waals surface area (Å²) in [6.45, 7) is -0.420. The first-order valence-electron chi connectivity index (χ1n) is 5.26. The number of esters is 1. The highest BCUT2D eigenvalue weighted by Gasteiger charge is 2.11. The molecule has 0 aliphatic heterocycles. The highest BCUT2D eigenvalue weighted by molar-refractivity contribution is 5.95. The summed E-state index contributed by atoms with van der Waals surface area (Å²) in [5, 5.41) is 10.4. The van der Waals surface area contributed by atoms with Gasteiger partial charge in [-0.2, -0.15) is 0 Å². The lowest BCUT2D eigenvalue weighted by Crippen LogP contribution is -2.31. The zero-order valence-electron chi connectivity index (χ0n) is 9.59. The number of benzene rings is 1. The maximum absolute atomic E-state index is 11.2. The highest BCUT2D eigenvalue weighted by Crippen LogP contribution is 2.01. The van der Waals surface area contributed by atoms with Gasteiger partial charge in [0.1, 0.15) is 19.6 Å². The van der Waals surface area contributed by atoms with Crippen LogP contribution in [0, 0.1) is 0 Å². The van der Waals surface area contributed by atoms with Crippen LogP contribution >= 0.6 is 0 Å². The fraction of sp³-hybridized carbons (Fsp3) is 0.250. The average Bonchev–Trinajstić information content (AvgIpc) is 2.35. The van der Waals surface area contributed by atoms with Gasteiger partial charge >= 0.3 is 11.9 Å². The van der Waals surface area contributed by atoms with Crippen molar-refractivity contribution >= 4 is 17.8 Å². The van der Waals surface area contributed by atoms with E-state index in [0.717, 1.165) is 5.56 Å². The molecule has 1 aromatic rings. The third-order valence-electron chi connectivity index (χ3n) is 1.98. The number of hydrogen-bond donors (Lipinski definition) is 2. The number of rotatable bonds is 6. The van der Waals surface area contributed by atoms with Crippen molar-refractivity contribution in [1.82, 2.24) is 5.32 Å². The van der Waals surface area contributed by atoms with Crippen molar-refractivity contribution in [3.8, 4) is 0 Å².